The first-order valence-electron chi connectivity index (χ1n) is 10.3. The average Bonchev–Trinajstić information content (AvgIpc) is 3.36. The van der Waals surface area contributed by atoms with E-state index in [1.807, 2.05) is 29.5 Å². The van der Waals surface area contributed by atoms with Crippen LogP contribution in [0.2, 0.25) is 0 Å². The third-order valence-corrected chi connectivity index (χ3v) is 6.89. The highest BCUT2D eigenvalue weighted by Gasteiger charge is 2.13. The molecule has 0 saturated heterocycles. The fourth-order valence-corrected chi connectivity index (χ4v) is 5.15. The predicted octanol–water partition coefficient (Wildman–Crippen LogP) is 6.07. The Morgan fingerprint density at radius 1 is 1.12 bits per heavy atom. The van der Waals surface area contributed by atoms with E-state index in [-0.39, 0.29) is 5.76 Å². The van der Waals surface area contributed by atoms with Crippen molar-refractivity contribution < 1.29 is 14.3 Å². The Hall–Kier alpha value is -3.71. The van der Waals surface area contributed by atoms with Gasteiger partial charge in [-0.15, -0.1) is 11.3 Å². The SMILES string of the molecule is Cc1sc2c(C)cccc2c1CCNc1cc(-c2ccc3oc(C(=O)O)cc3c2)ncn1. The number of carbonyl (C=O) groups is 1. The minimum absolute atomic E-state index is 0.0753. The van der Waals surface area contributed by atoms with Gasteiger partial charge < -0.3 is 14.8 Å². The summed E-state index contributed by atoms with van der Waals surface area (Å²) in [7, 11) is 0. The number of benzene rings is 2. The van der Waals surface area contributed by atoms with Crippen LogP contribution in [0.5, 0.6) is 0 Å². The molecule has 7 heteroatoms. The van der Waals surface area contributed by atoms with Gasteiger partial charge in [0.15, 0.2) is 0 Å². The quantitative estimate of drug-likeness (QED) is 0.331. The van der Waals surface area contributed by atoms with Crippen LogP contribution in [0, 0.1) is 13.8 Å². The minimum Gasteiger partial charge on any atom is -0.475 e. The van der Waals surface area contributed by atoms with Gasteiger partial charge in [0.25, 0.3) is 0 Å². The van der Waals surface area contributed by atoms with Crippen LogP contribution in [-0.2, 0) is 6.42 Å². The summed E-state index contributed by atoms with van der Waals surface area (Å²) < 4.78 is 6.70. The summed E-state index contributed by atoms with van der Waals surface area (Å²) in [5.41, 5.74) is 4.87. The van der Waals surface area contributed by atoms with E-state index in [9.17, 15) is 4.79 Å². The summed E-state index contributed by atoms with van der Waals surface area (Å²) >= 11 is 1.86. The maximum atomic E-state index is 11.1. The van der Waals surface area contributed by atoms with E-state index >= 15 is 0 Å². The van der Waals surface area contributed by atoms with E-state index in [1.165, 1.54) is 38.5 Å². The molecule has 0 saturated carbocycles. The molecule has 3 aromatic heterocycles. The lowest BCUT2D eigenvalue weighted by Gasteiger charge is -2.08. The normalized spacial score (nSPS) is 11.3. The van der Waals surface area contributed by atoms with Crippen molar-refractivity contribution >= 4 is 44.2 Å². The van der Waals surface area contributed by atoms with Crippen LogP contribution in [0.1, 0.15) is 26.6 Å². The Bertz CT molecular complexity index is 1470. The first kappa shape index (κ1) is 20.2. The second-order valence-electron chi connectivity index (χ2n) is 7.72. The summed E-state index contributed by atoms with van der Waals surface area (Å²) in [4.78, 5) is 21.2. The molecule has 0 fully saturated rings. The molecule has 32 heavy (non-hydrogen) atoms. The maximum Gasteiger partial charge on any atom is 0.371 e. The van der Waals surface area contributed by atoms with E-state index in [0.29, 0.717) is 5.58 Å². The van der Waals surface area contributed by atoms with Gasteiger partial charge in [0, 0.05) is 33.1 Å². The van der Waals surface area contributed by atoms with Crippen molar-refractivity contribution in [1.82, 2.24) is 9.97 Å². The Morgan fingerprint density at radius 2 is 2.00 bits per heavy atom. The largest absolute Gasteiger partial charge is 0.475 e. The summed E-state index contributed by atoms with van der Waals surface area (Å²) in [6.45, 7) is 5.11. The van der Waals surface area contributed by atoms with Gasteiger partial charge >= 0.3 is 5.97 Å². The molecule has 5 rings (SSSR count). The van der Waals surface area contributed by atoms with E-state index in [2.05, 4.69) is 47.3 Å². The van der Waals surface area contributed by atoms with E-state index < -0.39 is 5.97 Å². The van der Waals surface area contributed by atoms with Crippen LogP contribution >= 0.6 is 11.3 Å². The molecule has 0 aliphatic carbocycles. The number of aryl methyl sites for hydroxylation is 2. The fourth-order valence-electron chi connectivity index (χ4n) is 3.98. The van der Waals surface area contributed by atoms with Crippen LogP contribution in [0.3, 0.4) is 0 Å². The van der Waals surface area contributed by atoms with Crippen molar-refractivity contribution in [2.45, 2.75) is 20.3 Å². The number of fused-ring (bicyclic) bond motifs is 2. The van der Waals surface area contributed by atoms with Gasteiger partial charge in [-0.3, -0.25) is 0 Å². The number of aromatic carboxylic acids is 1. The maximum absolute atomic E-state index is 11.1. The number of hydrogen-bond donors (Lipinski definition) is 2. The Labute approximate surface area is 188 Å². The zero-order chi connectivity index (χ0) is 22.2. The monoisotopic (exact) mass is 443 g/mol. The van der Waals surface area contributed by atoms with Gasteiger partial charge in [0.1, 0.15) is 17.7 Å². The van der Waals surface area contributed by atoms with Crippen LogP contribution in [0.25, 0.3) is 32.3 Å². The highest BCUT2D eigenvalue weighted by molar-refractivity contribution is 7.19. The Kier molecular flexibility index (Phi) is 5.11. The van der Waals surface area contributed by atoms with E-state index in [0.717, 1.165) is 35.4 Å². The summed E-state index contributed by atoms with van der Waals surface area (Å²) in [6.07, 6.45) is 2.45. The molecule has 0 atom stereocenters. The van der Waals surface area contributed by atoms with Gasteiger partial charge in [-0.25, -0.2) is 14.8 Å². The van der Waals surface area contributed by atoms with Crippen molar-refractivity contribution in [2.75, 3.05) is 11.9 Å². The molecule has 0 aliphatic heterocycles. The molecule has 5 aromatic rings. The van der Waals surface area contributed by atoms with Crippen LogP contribution in [0.15, 0.2) is 59.3 Å². The van der Waals surface area contributed by atoms with Gasteiger partial charge in [0.2, 0.25) is 5.76 Å². The lowest BCUT2D eigenvalue weighted by Crippen LogP contribution is -2.07. The van der Waals surface area contributed by atoms with Crippen LogP contribution in [-0.4, -0.2) is 27.6 Å². The lowest BCUT2D eigenvalue weighted by atomic mass is 10.1. The van der Waals surface area contributed by atoms with Crippen LogP contribution < -0.4 is 5.32 Å². The number of nitrogens with one attached hydrogen (secondary N) is 1. The van der Waals surface area contributed by atoms with Crippen molar-refractivity contribution in [1.29, 1.82) is 0 Å². The zero-order valence-corrected chi connectivity index (χ0v) is 18.5. The number of rotatable bonds is 6. The number of carboxylic acids is 1. The van der Waals surface area contributed by atoms with Crippen molar-refractivity contribution in [3.63, 3.8) is 0 Å². The highest BCUT2D eigenvalue weighted by atomic mass is 32.1. The zero-order valence-electron chi connectivity index (χ0n) is 17.7. The molecule has 0 aliphatic rings. The molecule has 6 nitrogen and oxygen atoms in total. The first-order chi connectivity index (χ1) is 15.5. The minimum atomic E-state index is -1.08. The van der Waals surface area contributed by atoms with Gasteiger partial charge in [-0.1, -0.05) is 18.2 Å². The summed E-state index contributed by atoms with van der Waals surface area (Å²) in [5, 5.41) is 14.6. The molecule has 0 amide bonds. The molecule has 0 unspecified atom stereocenters. The second-order valence-corrected chi connectivity index (χ2v) is 8.95. The van der Waals surface area contributed by atoms with Crippen LogP contribution in [0.4, 0.5) is 5.82 Å². The predicted molar refractivity (Wildman–Crippen MR) is 128 cm³/mol. The number of carboxylic acid groups (broad SMARTS) is 1. The molecule has 2 N–H and O–H groups in total. The molecular formula is C25H21N3O3S. The third kappa shape index (κ3) is 3.71. The lowest BCUT2D eigenvalue weighted by molar-refractivity contribution is 0.0665. The Morgan fingerprint density at radius 3 is 2.84 bits per heavy atom. The number of nitrogens with zero attached hydrogens (tertiary/aromatic N) is 2. The number of anilines is 1. The first-order valence-corrected chi connectivity index (χ1v) is 11.1. The third-order valence-electron chi connectivity index (χ3n) is 5.59. The topological polar surface area (TPSA) is 88.2 Å². The fraction of sp³-hybridized carbons (Fsp3) is 0.160. The van der Waals surface area contributed by atoms with Crippen molar-refractivity contribution in [2.24, 2.45) is 0 Å². The van der Waals surface area contributed by atoms with E-state index in [1.54, 1.807) is 6.07 Å². The standard InChI is InChI=1S/C25H21N3O3S/c1-14-4-3-5-19-18(15(2)32-24(14)19)8-9-26-23-12-20(27-13-28-23)16-6-7-21-17(10-16)11-22(31-21)25(29)30/h3-7,10-13H,8-9H2,1-2H3,(H,29,30)(H,26,27,28). The van der Waals surface area contributed by atoms with Crippen molar-refractivity contribution in [3.05, 3.63) is 76.6 Å². The highest BCUT2D eigenvalue weighted by Crippen LogP contribution is 2.33. The van der Waals surface area contributed by atoms with E-state index in [4.69, 9.17) is 9.52 Å². The van der Waals surface area contributed by atoms with Gasteiger partial charge in [0.05, 0.1) is 5.69 Å². The van der Waals surface area contributed by atoms with Crippen molar-refractivity contribution in [3.8, 4) is 11.3 Å². The molecule has 3 heterocycles. The molecule has 160 valence electrons. The number of furan rings is 1. The smallest absolute Gasteiger partial charge is 0.371 e. The average molecular weight is 444 g/mol. The van der Waals surface area contributed by atoms with Gasteiger partial charge in [-0.2, -0.15) is 0 Å². The Balaban J connectivity index is 1.34. The summed E-state index contributed by atoms with van der Waals surface area (Å²) in [5.74, 6) is -0.407. The molecule has 0 radical (unpaired) electrons. The second kappa shape index (κ2) is 8.09. The molecule has 0 spiro atoms. The number of thiophene rings is 1. The van der Waals surface area contributed by atoms with Gasteiger partial charge in [-0.05, 0) is 61.0 Å². The molecule has 2 aromatic carbocycles. The number of aromatic nitrogens is 2. The molecule has 0 bridgehead atoms. The molecular weight excluding hydrogens is 422 g/mol. The number of hydrogen-bond acceptors (Lipinski definition) is 6. The summed E-state index contributed by atoms with van der Waals surface area (Å²) in [6, 6.07) is 15.4.